The summed E-state index contributed by atoms with van der Waals surface area (Å²) < 4.78 is 15.9. The molecule has 0 saturated heterocycles. The van der Waals surface area contributed by atoms with Gasteiger partial charge in [-0.25, -0.2) is 4.79 Å². The number of hydrogen-bond donors (Lipinski definition) is 1. The Morgan fingerprint density at radius 1 is 1.24 bits per heavy atom. The summed E-state index contributed by atoms with van der Waals surface area (Å²) in [5.41, 5.74) is 6.99. The van der Waals surface area contributed by atoms with Crippen LogP contribution < -0.4 is 20.1 Å². The summed E-state index contributed by atoms with van der Waals surface area (Å²) in [5.74, 6) is 0.649. The zero-order valence-electron chi connectivity index (χ0n) is 16.5. The van der Waals surface area contributed by atoms with Crippen LogP contribution in [-0.4, -0.2) is 48.7 Å². The highest BCUT2D eigenvalue weighted by atomic mass is 16.5. The molecule has 0 aliphatic carbocycles. The minimum atomic E-state index is -0.443. The van der Waals surface area contributed by atoms with Crippen LogP contribution in [0, 0.1) is 0 Å². The van der Waals surface area contributed by atoms with Crippen LogP contribution in [0.3, 0.4) is 0 Å². The summed E-state index contributed by atoms with van der Waals surface area (Å²) in [6.45, 7) is 3.04. The van der Waals surface area contributed by atoms with Crippen molar-refractivity contribution in [2.45, 2.75) is 26.2 Å². The zero-order valence-corrected chi connectivity index (χ0v) is 16.5. The van der Waals surface area contributed by atoms with E-state index < -0.39 is 5.97 Å². The van der Waals surface area contributed by atoms with Crippen molar-refractivity contribution >= 4 is 23.5 Å². The van der Waals surface area contributed by atoms with Crippen LogP contribution in [0.25, 0.3) is 0 Å². The molecule has 1 aromatic heterocycles. The number of nitrogens with two attached hydrogens (primary N) is 1. The van der Waals surface area contributed by atoms with E-state index in [9.17, 15) is 9.59 Å². The Morgan fingerprint density at radius 2 is 2.07 bits per heavy atom. The van der Waals surface area contributed by atoms with Crippen molar-refractivity contribution in [2.24, 2.45) is 0 Å². The largest absolute Gasteiger partial charge is 0.492 e. The Balaban J connectivity index is 1.67. The second kappa shape index (κ2) is 9.22. The van der Waals surface area contributed by atoms with Crippen LogP contribution in [0.4, 0.5) is 11.6 Å². The molecule has 2 N–H and O–H groups in total. The molecule has 0 radical (unpaired) electrons. The van der Waals surface area contributed by atoms with Crippen molar-refractivity contribution < 1.29 is 23.8 Å². The minimum absolute atomic E-state index is 0.126. The van der Waals surface area contributed by atoms with Crippen molar-refractivity contribution in [3.63, 3.8) is 0 Å². The second-order valence-electron chi connectivity index (χ2n) is 6.49. The molecule has 0 bridgehead atoms. The smallest absolute Gasteiger partial charge is 0.337 e. The Kier molecular flexibility index (Phi) is 6.48. The molecule has 1 aliphatic rings. The number of ether oxygens (including phenoxy) is 3. The van der Waals surface area contributed by atoms with E-state index in [0.717, 1.165) is 12.8 Å². The van der Waals surface area contributed by atoms with E-state index >= 15 is 0 Å². The third-order valence-electron chi connectivity index (χ3n) is 4.45. The summed E-state index contributed by atoms with van der Waals surface area (Å²) in [4.78, 5) is 34.1. The lowest BCUT2D eigenvalue weighted by atomic mass is 10.2. The van der Waals surface area contributed by atoms with E-state index in [4.69, 9.17) is 19.9 Å². The highest BCUT2D eigenvalue weighted by Gasteiger charge is 2.32. The zero-order chi connectivity index (χ0) is 20.8. The lowest BCUT2D eigenvalue weighted by molar-refractivity contribution is -0.117. The molecule has 2 aromatic rings. The van der Waals surface area contributed by atoms with E-state index in [0.29, 0.717) is 29.3 Å². The maximum atomic E-state index is 12.4. The van der Waals surface area contributed by atoms with Crippen LogP contribution in [0.1, 0.15) is 35.7 Å². The molecule has 0 atom stereocenters. The van der Waals surface area contributed by atoms with Crippen molar-refractivity contribution in [2.75, 3.05) is 37.5 Å². The van der Waals surface area contributed by atoms with Crippen LogP contribution in [-0.2, 0) is 16.0 Å². The molecule has 1 aliphatic heterocycles. The lowest BCUT2D eigenvalue weighted by Gasteiger charge is -2.17. The first-order valence-corrected chi connectivity index (χ1v) is 9.44. The normalized spacial score (nSPS) is 12.6. The Bertz CT molecular complexity index is 902. The molecule has 154 valence electrons. The monoisotopic (exact) mass is 400 g/mol. The third-order valence-corrected chi connectivity index (χ3v) is 4.45. The van der Waals surface area contributed by atoms with Gasteiger partial charge in [0.05, 0.1) is 32.2 Å². The lowest BCUT2D eigenvalue weighted by Crippen LogP contribution is -2.31. The SMILES string of the molecule is CCCCOc1nc(N)c2c(n1)N(CCOc1cccc(C(=O)OC)c1)C(=O)C2. The number of unbranched alkanes of at least 4 members (excludes halogenated alkanes) is 1. The molecule has 1 aromatic carbocycles. The van der Waals surface area contributed by atoms with Gasteiger partial charge in [0.2, 0.25) is 5.91 Å². The fourth-order valence-corrected chi connectivity index (χ4v) is 2.91. The molecule has 3 rings (SSSR count). The first-order valence-electron chi connectivity index (χ1n) is 9.44. The van der Waals surface area contributed by atoms with Gasteiger partial charge in [-0.15, -0.1) is 0 Å². The number of methoxy groups -OCH3 is 1. The van der Waals surface area contributed by atoms with E-state index in [1.54, 1.807) is 24.3 Å². The van der Waals surface area contributed by atoms with Gasteiger partial charge in [0.15, 0.2) is 0 Å². The number of nitrogens with zero attached hydrogens (tertiary/aromatic N) is 3. The fourth-order valence-electron chi connectivity index (χ4n) is 2.91. The van der Waals surface area contributed by atoms with Crippen molar-refractivity contribution in [3.05, 3.63) is 35.4 Å². The van der Waals surface area contributed by atoms with Crippen LogP contribution in [0.2, 0.25) is 0 Å². The second-order valence-corrected chi connectivity index (χ2v) is 6.49. The van der Waals surface area contributed by atoms with Gasteiger partial charge in [-0.2, -0.15) is 9.97 Å². The molecule has 0 unspecified atom stereocenters. The number of carbonyl (C=O) groups is 2. The van der Waals surface area contributed by atoms with Gasteiger partial charge in [-0.05, 0) is 24.6 Å². The molecule has 9 heteroatoms. The number of hydrogen-bond acceptors (Lipinski definition) is 8. The molecule has 0 fully saturated rings. The standard InChI is InChI=1S/C20H24N4O5/c1-3-4-9-29-20-22-17(21)15-12-16(25)24(18(15)23-20)8-10-28-14-7-5-6-13(11-14)19(26)27-2/h5-7,11H,3-4,8-10,12H2,1-2H3,(H2,21,22,23). The molecule has 1 amide bonds. The summed E-state index contributed by atoms with van der Waals surface area (Å²) in [5, 5.41) is 0. The summed E-state index contributed by atoms with van der Waals surface area (Å²) in [6, 6.07) is 6.82. The molecule has 9 nitrogen and oxygen atoms in total. The first kappa shape index (κ1) is 20.4. The van der Waals surface area contributed by atoms with Gasteiger partial charge in [0.1, 0.15) is 24.0 Å². The first-order chi connectivity index (χ1) is 14.0. The van der Waals surface area contributed by atoms with Crippen LogP contribution in [0.5, 0.6) is 11.8 Å². The summed E-state index contributed by atoms with van der Waals surface area (Å²) in [6.07, 6.45) is 2.01. The molecule has 0 spiro atoms. The van der Waals surface area contributed by atoms with E-state index in [1.165, 1.54) is 12.0 Å². The Morgan fingerprint density at radius 3 is 2.83 bits per heavy atom. The highest BCUT2D eigenvalue weighted by molar-refractivity contribution is 6.01. The molecular weight excluding hydrogens is 376 g/mol. The Labute approximate surface area is 168 Å². The average molecular weight is 400 g/mol. The number of rotatable bonds is 9. The number of aromatic nitrogens is 2. The molecule has 29 heavy (non-hydrogen) atoms. The van der Waals surface area contributed by atoms with E-state index in [1.807, 2.05) is 0 Å². The van der Waals surface area contributed by atoms with E-state index in [2.05, 4.69) is 16.9 Å². The number of nitrogen functional groups attached to an aromatic ring is 1. The topological polar surface area (TPSA) is 117 Å². The number of anilines is 2. The number of esters is 1. The predicted molar refractivity (Wildman–Crippen MR) is 106 cm³/mol. The van der Waals surface area contributed by atoms with Crippen LogP contribution >= 0.6 is 0 Å². The van der Waals surface area contributed by atoms with Gasteiger partial charge < -0.3 is 19.9 Å². The Hall–Kier alpha value is -3.36. The molecule has 2 heterocycles. The van der Waals surface area contributed by atoms with E-state index in [-0.39, 0.29) is 37.3 Å². The maximum absolute atomic E-state index is 12.4. The summed E-state index contributed by atoms with van der Waals surface area (Å²) >= 11 is 0. The van der Waals surface area contributed by atoms with Gasteiger partial charge in [0.25, 0.3) is 0 Å². The van der Waals surface area contributed by atoms with Crippen molar-refractivity contribution in [1.29, 1.82) is 0 Å². The van der Waals surface area contributed by atoms with Gasteiger partial charge >= 0.3 is 12.0 Å². The number of carbonyl (C=O) groups excluding carboxylic acids is 2. The third kappa shape index (κ3) is 4.74. The minimum Gasteiger partial charge on any atom is -0.492 e. The van der Waals surface area contributed by atoms with Crippen molar-refractivity contribution in [3.8, 4) is 11.8 Å². The molecule has 0 saturated carbocycles. The summed E-state index contributed by atoms with van der Waals surface area (Å²) in [7, 11) is 1.32. The molecular formula is C20H24N4O5. The number of benzene rings is 1. The van der Waals surface area contributed by atoms with Gasteiger partial charge in [-0.1, -0.05) is 19.4 Å². The average Bonchev–Trinajstić information content (AvgIpc) is 3.04. The quantitative estimate of drug-likeness (QED) is 0.502. The highest BCUT2D eigenvalue weighted by Crippen LogP contribution is 2.32. The number of fused-ring (bicyclic) bond motifs is 1. The number of amides is 1. The van der Waals surface area contributed by atoms with Crippen LogP contribution in [0.15, 0.2) is 24.3 Å². The van der Waals surface area contributed by atoms with Gasteiger partial charge in [-0.3, -0.25) is 9.69 Å². The fraction of sp³-hybridized carbons (Fsp3) is 0.400. The van der Waals surface area contributed by atoms with Crippen molar-refractivity contribution in [1.82, 2.24) is 9.97 Å². The predicted octanol–water partition coefficient (Wildman–Crippen LogP) is 1.99. The maximum Gasteiger partial charge on any atom is 0.337 e. The van der Waals surface area contributed by atoms with Gasteiger partial charge in [0, 0.05) is 5.56 Å².